The summed E-state index contributed by atoms with van der Waals surface area (Å²) in [4.78, 5) is 2.33. The Morgan fingerprint density at radius 2 is 2.11 bits per heavy atom. The number of hydrogen-bond acceptors (Lipinski definition) is 4. The van der Waals surface area contributed by atoms with Gasteiger partial charge in [-0.05, 0) is 18.1 Å². The zero-order valence-corrected chi connectivity index (χ0v) is 10.6. The third-order valence-corrected chi connectivity index (χ3v) is 3.28. The van der Waals surface area contributed by atoms with Gasteiger partial charge in [0.05, 0.1) is 7.11 Å². The molecule has 0 unspecified atom stereocenters. The zero-order valence-electron chi connectivity index (χ0n) is 10.6. The van der Waals surface area contributed by atoms with Crippen LogP contribution >= 0.6 is 0 Å². The van der Waals surface area contributed by atoms with E-state index in [4.69, 9.17) is 4.74 Å². The van der Waals surface area contributed by atoms with E-state index in [0.29, 0.717) is 6.42 Å². The highest BCUT2D eigenvalue weighted by Crippen LogP contribution is 2.32. The first-order chi connectivity index (χ1) is 8.72. The van der Waals surface area contributed by atoms with E-state index >= 15 is 0 Å². The molecule has 1 aromatic carbocycles. The van der Waals surface area contributed by atoms with Gasteiger partial charge in [-0.3, -0.25) is 0 Å². The maximum Gasteiger partial charge on any atom is 0.196 e. The number of hydrogen-bond donors (Lipinski definition) is 2. The third kappa shape index (κ3) is 2.91. The molecular formula is C13H19FN2O2. The first-order valence-corrected chi connectivity index (χ1v) is 6.19. The molecule has 18 heavy (non-hydrogen) atoms. The lowest BCUT2D eigenvalue weighted by Gasteiger charge is -2.27. The molecule has 1 fully saturated rings. The largest absolute Gasteiger partial charge is 0.504 e. The van der Waals surface area contributed by atoms with Crippen LogP contribution in [0.5, 0.6) is 11.5 Å². The molecule has 0 atom stereocenters. The summed E-state index contributed by atoms with van der Waals surface area (Å²) in [6, 6.07) is 2.96. The molecule has 1 saturated heterocycles. The van der Waals surface area contributed by atoms with Gasteiger partial charge in [-0.25, -0.2) is 4.39 Å². The lowest BCUT2D eigenvalue weighted by Crippen LogP contribution is -2.44. The highest BCUT2D eigenvalue weighted by Gasteiger charge is 2.15. The Morgan fingerprint density at radius 1 is 1.39 bits per heavy atom. The van der Waals surface area contributed by atoms with Crippen LogP contribution < -0.4 is 10.1 Å². The molecule has 2 N–H and O–H groups in total. The van der Waals surface area contributed by atoms with Gasteiger partial charge in [0, 0.05) is 32.7 Å². The van der Waals surface area contributed by atoms with Crippen molar-refractivity contribution in [2.24, 2.45) is 0 Å². The Labute approximate surface area is 106 Å². The molecule has 1 aliphatic rings. The Kier molecular flexibility index (Phi) is 4.38. The summed E-state index contributed by atoms with van der Waals surface area (Å²) in [6.07, 6.45) is 0.697. The highest BCUT2D eigenvalue weighted by molar-refractivity contribution is 5.46. The van der Waals surface area contributed by atoms with Crippen LogP contribution in [0.1, 0.15) is 5.56 Å². The number of phenols is 1. The number of aromatic hydroxyl groups is 1. The topological polar surface area (TPSA) is 44.7 Å². The molecule has 0 bridgehead atoms. The number of phenolic OH excluding ortho intramolecular Hbond substituents is 1. The number of nitrogens with zero attached hydrogens (tertiary/aromatic N) is 1. The van der Waals surface area contributed by atoms with Crippen molar-refractivity contribution < 1.29 is 14.2 Å². The fraction of sp³-hybridized carbons (Fsp3) is 0.538. The number of halogens is 1. The van der Waals surface area contributed by atoms with Crippen LogP contribution in [0, 0.1) is 5.82 Å². The van der Waals surface area contributed by atoms with Crippen LogP contribution in [0.15, 0.2) is 12.1 Å². The minimum Gasteiger partial charge on any atom is -0.504 e. The summed E-state index contributed by atoms with van der Waals surface area (Å²) < 4.78 is 18.2. The summed E-state index contributed by atoms with van der Waals surface area (Å²) in [6.45, 7) is 4.89. The van der Waals surface area contributed by atoms with Crippen LogP contribution in [0.2, 0.25) is 0 Å². The first-order valence-electron chi connectivity index (χ1n) is 6.19. The first kappa shape index (κ1) is 13.1. The van der Waals surface area contributed by atoms with E-state index in [1.807, 2.05) is 0 Å². The van der Waals surface area contributed by atoms with Crippen molar-refractivity contribution in [2.45, 2.75) is 6.42 Å². The number of nitrogens with one attached hydrogen (secondary N) is 1. The van der Waals surface area contributed by atoms with Gasteiger partial charge in [0.1, 0.15) is 0 Å². The Balaban J connectivity index is 2.00. The van der Waals surface area contributed by atoms with Crippen molar-refractivity contribution in [3.05, 3.63) is 23.5 Å². The molecule has 0 aliphatic carbocycles. The van der Waals surface area contributed by atoms with E-state index in [1.165, 1.54) is 13.2 Å². The number of methoxy groups -OCH3 is 1. The molecule has 0 aromatic heterocycles. The van der Waals surface area contributed by atoms with Crippen LogP contribution in [0.4, 0.5) is 4.39 Å². The molecule has 0 radical (unpaired) electrons. The number of ether oxygens (including phenoxy) is 1. The summed E-state index contributed by atoms with van der Waals surface area (Å²) >= 11 is 0. The van der Waals surface area contributed by atoms with Gasteiger partial charge >= 0.3 is 0 Å². The molecule has 0 saturated carbocycles. The molecule has 4 nitrogen and oxygen atoms in total. The van der Waals surface area contributed by atoms with Crippen molar-refractivity contribution in [3.8, 4) is 11.5 Å². The monoisotopic (exact) mass is 254 g/mol. The zero-order chi connectivity index (χ0) is 13.0. The molecule has 0 amide bonds. The Bertz CT molecular complexity index is 406. The van der Waals surface area contributed by atoms with E-state index in [0.717, 1.165) is 38.3 Å². The van der Waals surface area contributed by atoms with Gasteiger partial charge < -0.3 is 20.1 Å². The quantitative estimate of drug-likeness (QED) is 0.841. The summed E-state index contributed by atoms with van der Waals surface area (Å²) in [5, 5.41) is 13.2. The fourth-order valence-corrected chi connectivity index (χ4v) is 2.20. The fourth-order valence-electron chi connectivity index (χ4n) is 2.20. The Hall–Kier alpha value is -1.33. The van der Waals surface area contributed by atoms with Crippen LogP contribution in [-0.4, -0.2) is 49.8 Å². The lowest BCUT2D eigenvalue weighted by atomic mass is 10.1. The summed E-state index contributed by atoms with van der Waals surface area (Å²) in [5.41, 5.74) is 0.729. The second-order valence-electron chi connectivity index (χ2n) is 4.43. The summed E-state index contributed by atoms with van der Waals surface area (Å²) in [7, 11) is 1.36. The SMILES string of the molecule is COc1c(F)ccc(CCN2CCNCC2)c1O. The minimum atomic E-state index is -0.527. The van der Waals surface area contributed by atoms with Gasteiger partial charge in [0.25, 0.3) is 0 Å². The second-order valence-corrected chi connectivity index (χ2v) is 4.43. The normalized spacial score (nSPS) is 16.8. The van der Waals surface area contributed by atoms with Gasteiger partial charge in [-0.15, -0.1) is 0 Å². The average Bonchev–Trinajstić information content (AvgIpc) is 2.40. The molecular weight excluding hydrogens is 235 g/mol. The lowest BCUT2D eigenvalue weighted by molar-refractivity contribution is 0.243. The number of rotatable bonds is 4. The van der Waals surface area contributed by atoms with Gasteiger partial charge in [0.2, 0.25) is 0 Å². The van der Waals surface area contributed by atoms with Gasteiger partial charge in [0.15, 0.2) is 17.3 Å². The van der Waals surface area contributed by atoms with Crippen molar-refractivity contribution in [3.63, 3.8) is 0 Å². The standard InChI is InChI=1S/C13H19FN2O2/c1-18-13-11(14)3-2-10(12(13)17)4-7-16-8-5-15-6-9-16/h2-3,15,17H,4-9H2,1H3. The smallest absolute Gasteiger partial charge is 0.196 e. The van der Waals surface area contributed by atoms with E-state index in [1.54, 1.807) is 6.07 Å². The van der Waals surface area contributed by atoms with Gasteiger partial charge in [-0.2, -0.15) is 0 Å². The molecule has 1 aromatic rings. The van der Waals surface area contributed by atoms with Crippen molar-refractivity contribution in [1.82, 2.24) is 10.2 Å². The van der Waals surface area contributed by atoms with Crippen molar-refractivity contribution >= 4 is 0 Å². The van der Waals surface area contributed by atoms with E-state index in [2.05, 4.69) is 10.2 Å². The average molecular weight is 254 g/mol. The van der Waals surface area contributed by atoms with Crippen molar-refractivity contribution in [1.29, 1.82) is 0 Å². The predicted octanol–water partition coefficient (Wildman–Crippen LogP) is 0.988. The molecule has 1 aliphatic heterocycles. The van der Waals surface area contributed by atoms with E-state index in [-0.39, 0.29) is 11.5 Å². The van der Waals surface area contributed by atoms with E-state index < -0.39 is 5.82 Å². The minimum absolute atomic E-state index is 0.0622. The maximum atomic E-state index is 13.3. The van der Waals surface area contributed by atoms with Crippen LogP contribution in [0.3, 0.4) is 0 Å². The summed E-state index contributed by atoms with van der Waals surface area (Å²) in [5.74, 6) is -0.665. The van der Waals surface area contributed by atoms with Crippen LogP contribution in [0.25, 0.3) is 0 Å². The van der Waals surface area contributed by atoms with Crippen molar-refractivity contribution in [2.75, 3.05) is 39.8 Å². The molecule has 100 valence electrons. The second kappa shape index (κ2) is 6.02. The molecule has 5 heteroatoms. The molecule has 2 rings (SSSR count). The third-order valence-electron chi connectivity index (χ3n) is 3.28. The maximum absolute atomic E-state index is 13.3. The predicted molar refractivity (Wildman–Crippen MR) is 67.6 cm³/mol. The molecule has 1 heterocycles. The Morgan fingerprint density at radius 3 is 2.78 bits per heavy atom. The van der Waals surface area contributed by atoms with Gasteiger partial charge in [-0.1, -0.05) is 6.07 Å². The number of piperazine rings is 1. The number of benzene rings is 1. The van der Waals surface area contributed by atoms with E-state index in [9.17, 15) is 9.50 Å². The highest BCUT2D eigenvalue weighted by atomic mass is 19.1. The van der Waals surface area contributed by atoms with Crippen LogP contribution in [-0.2, 0) is 6.42 Å². The molecule has 0 spiro atoms.